The van der Waals surface area contributed by atoms with E-state index in [9.17, 15) is 13.2 Å². The van der Waals surface area contributed by atoms with Gasteiger partial charge in [-0.2, -0.15) is 4.72 Å². The van der Waals surface area contributed by atoms with Crippen LogP contribution in [0.1, 0.15) is 32.8 Å². The minimum Gasteiger partial charge on any atom is -0.468 e. The zero-order chi connectivity index (χ0) is 21.9. The molecule has 2 atom stereocenters. The Morgan fingerprint density at radius 1 is 1.27 bits per heavy atom. The Balaban J connectivity index is 1.74. The van der Waals surface area contributed by atoms with Crippen LogP contribution in [0.25, 0.3) is 0 Å². The molecule has 0 saturated heterocycles. The lowest BCUT2D eigenvalue weighted by Gasteiger charge is -2.24. The Bertz CT molecular complexity index is 992. The van der Waals surface area contributed by atoms with Crippen molar-refractivity contribution in [3.63, 3.8) is 0 Å². The number of fused-ring (bicyclic) bond motifs is 1. The van der Waals surface area contributed by atoms with Crippen LogP contribution in [0.2, 0.25) is 0 Å². The molecule has 9 heteroatoms. The van der Waals surface area contributed by atoms with Crippen LogP contribution in [0.4, 0.5) is 11.4 Å². The second-order valence-electron chi connectivity index (χ2n) is 7.81. The maximum absolute atomic E-state index is 12.8. The molecule has 0 fully saturated rings. The molecule has 30 heavy (non-hydrogen) atoms. The van der Waals surface area contributed by atoms with E-state index in [0.717, 1.165) is 16.9 Å². The van der Waals surface area contributed by atoms with Crippen molar-refractivity contribution in [1.82, 2.24) is 9.71 Å². The summed E-state index contributed by atoms with van der Waals surface area (Å²) in [6.45, 7) is 6.52. The van der Waals surface area contributed by atoms with Crippen LogP contribution in [0.5, 0.6) is 0 Å². The smallest absolute Gasteiger partial charge is 0.323 e. The lowest BCUT2D eigenvalue weighted by Crippen LogP contribution is -2.42. The average molecular weight is 433 g/mol. The van der Waals surface area contributed by atoms with Crippen molar-refractivity contribution < 1.29 is 17.9 Å². The summed E-state index contributed by atoms with van der Waals surface area (Å²) in [7, 11) is -2.60. The van der Waals surface area contributed by atoms with Crippen molar-refractivity contribution in [2.75, 3.05) is 17.3 Å². The molecule has 2 N–H and O–H groups in total. The molecule has 1 aliphatic heterocycles. The van der Waals surface area contributed by atoms with E-state index in [4.69, 9.17) is 4.74 Å². The van der Waals surface area contributed by atoms with E-state index in [1.807, 2.05) is 19.9 Å². The fraction of sp³-hybridized carbons (Fsp3) is 0.429. The molecular weight excluding hydrogens is 404 g/mol. The van der Waals surface area contributed by atoms with Gasteiger partial charge >= 0.3 is 5.97 Å². The number of aromatic nitrogens is 1. The van der Waals surface area contributed by atoms with Crippen molar-refractivity contribution in [3.05, 3.63) is 48.3 Å². The molecule has 162 valence electrons. The number of carbonyl (C=O) groups excluding carboxylic acids is 1. The number of rotatable bonds is 8. The first-order valence-corrected chi connectivity index (χ1v) is 11.4. The summed E-state index contributed by atoms with van der Waals surface area (Å²) >= 11 is 0. The monoisotopic (exact) mass is 432 g/mol. The molecule has 3 rings (SSSR count). The molecule has 0 spiro atoms. The number of nitrogens with one attached hydrogen (secondary N) is 2. The standard InChI is InChI=1S/C21H28N4O4S/c1-14(2)11-18(21(26)29-4)24-30(27,28)17-7-5-16(6-8-17)13-25-15(3)23-19-12-22-10-9-20(19)25/h5-10,12,14-15,18,23-24H,11,13H2,1-4H3/t15?,18-/m0/s1. The van der Waals surface area contributed by atoms with E-state index in [1.54, 1.807) is 36.7 Å². The molecule has 1 aliphatic rings. The van der Waals surface area contributed by atoms with Gasteiger partial charge in [0.05, 0.1) is 35.7 Å². The van der Waals surface area contributed by atoms with Gasteiger partial charge in [0.15, 0.2) is 0 Å². The fourth-order valence-corrected chi connectivity index (χ4v) is 4.71. The Labute approximate surface area is 177 Å². The highest BCUT2D eigenvalue weighted by Crippen LogP contribution is 2.34. The van der Waals surface area contributed by atoms with Crippen molar-refractivity contribution in [2.24, 2.45) is 5.92 Å². The van der Waals surface area contributed by atoms with Gasteiger partial charge in [-0.1, -0.05) is 26.0 Å². The van der Waals surface area contributed by atoms with Crippen LogP contribution in [-0.4, -0.2) is 38.7 Å². The lowest BCUT2D eigenvalue weighted by atomic mass is 10.1. The normalized spacial score (nSPS) is 16.8. The highest BCUT2D eigenvalue weighted by molar-refractivity contribution is 7.89. The lowest BCUT2D eigenvalue weighted by molar-refractivity contribution is -0.143. The van der Waals surface area contributed by atoms with Gasteiger partial charge in [-0.3, -0.25) is 9.78 Å². The van der Waals surface area contributed by atoms with Gasteiger partial charge in [0, 0.05) is 12.7 Å². The van der Waals surface area contributed by atoms with Crippen molar-refractivity contribution in [3.8, 4) is 0 Å². The zero-order valence-corrected chi connectivity index (χ0v) is 18.4. The number of ether oxygens (including phenoxy) is 1. The Kier molecular flexibility index (Phi) is 6.62. The van der Waals surface area contributed by atoms with Gasteiger partial charge in [0.25, 0.3) is 0 Å². The van der Waals surface area contributed by atoms with Crippen LogP contribution in [0.15, 0.2) is 47.6 Å². The highest BCUT2D eigenvalue weighted by atomic mass is 32.2. The third kappa shape index (κ3) is 4.91. The van der Waals surface area contributed by atoms with Crippen molar-refractivity contribution >= 4 is 27.4 Å². The summed E-state index contributed by atoms with van der Waals surface area (Å²) in [5.41, 5.74) is 3.01. The minimum absolute atomic E-state index is 0.103. The SMILES string of the molecule is COC(=O)[C@H](CC(C)C)NS(=O)(=O)c1ccc(CN2c3ccncc3NC2C)cc1. The minimum atomic E-state index is -3.85. The number of nitrogens with zero attached hydrogens (tertiary/aromatic N) is 2. The molecule has 0 bridgehead atoms. The quantitative estimate of drug-likeness (QED) is 0.619. The Hall–Kier alpha value is -2.65. The largest absolute Gasteiger partial charge is 0.468 e. The van der Waals surface area contributed by atoms with Gasteiger partial charge < -0.3 is 15.0 Å². The molecule has 2 aromatic rings. The summed E-state index contributed by atoms with van der Waals surface area (Å²) in [4.78, 5) is 18.4. The Morgan fingerprint density at radius 3 is 2.60 bits per heavy atom. The molecule has 1 aromatic heterocycles. The average Bonchev–Trinajstić information content (AvgIpc) is 3.02. The summed E-state index contributed by atoms with van der Waals surface area (Å²) in [5.74, 6) is -0.458. The fourth-order valence-electron chi connectivity index (χ4n) is 3.51. The summed E-state index contributed by atoms with van der Waals surface area (Å²) in [6.07, 6.45) is 4.01. The molecular formula is C21H28N4O4S. The molecule has 2 heterocycles. The first-order chi connectivity index (χ1) is 14.2. The van der Waals surface area contributed by atoms with Crippen LogP contribution < -0.4 is 14.9 Å². The van der Waals surface area contributed by atoms with Gasteiger partial charge in [-0.05, 0) is 43.0 Å². The molecule has 0 aliphatic carbocycles. The van der Waals surface area contributed by atoms with Crippen LogP contribution in [0.3, 0.4) is 0 Å². The first-order valence-electron chi connectivity index (χ1n) is 9.87. The number of pyridine rings is 1. The molecule has 1 unspecified atom stereocenters. The number of esters is 1. The second kappa shape index (κ2) is 9.01. The van der Waals surface area contributed by atoms with E-state index in [1.165, 1.54) is 7.11 Å². The maximum Gasteiger partial charge on any atom is 0.323 e. The first kappa shape index (κ1) is 22.0. The third-order valence-electron chi connectivity index (χ3n) is 5.02. The number of anilines is 2. The van der Waals surface area contributed by atoms with Gasteiger partial charge in [0.2, 0.25) is 10.0 Å². The van der Waals surface area contributed by atoms with E-state index < -0.39 is 22.0 Å². The van der Waals surface area contributed by atoms with Gasteiger partial charge in [0.1, 0.15) is 6.04 Å². The van der Waals surface area contributed by atoms with Crippen molar-refractivity contribution in [1.29, 1.82) is 0 Å². The number of hydrogen-bond acceptors (Lipinski definition) is 7. The highest BCUT2D eigenvalue weighted by Gasteiger charge is 2.28. The number of carbonyl (C=O) groups is 1. The third-order valence-corrected chi connectivity index (χ3v) is 6.50. The number of hydrogen-bond donors (Lipinski definition) is 2. The van der Waals surface area contributed by atoms with E-state index >= 15 is 0 Å². The molecule has 8 nitrogen and oxygen atoms in total. The van der Waals surface area contributed by atoms with Crippen LogP contribution >= 0.6 is 0 Å². The Morgan fingerprint density at radius 2 is 1.97 bits per heavy atom. The predicted molar refractivity (Wildman–Crippen MR) is 116 cm³/mol. The van der Waals surface area contributed by atoms with Crippen molar-refractivity contribution in [2.45, 2.75) is 50.8 Å². The van der Waals surface area contributed by atoms with Gasteiger partial charge in [-0.25, -0.2) is 8.42 Å². The van der Waals surface area contributed by atoms with Gasteiger partial charge in [-0.15, -0.1) is 0 Å². The maximum atomic E-state index is 12.8. The second-order valence-corrected chi connectivity index (χ2v) is 9.53. The van der Waals surface area contributed by atoms with E-state index in [2.05, 4.69) is 26.8 Å². The summed E-state index contributed by atoms with van der Waals surface area (Å²) < 4.78 is 32.8. The molecule has 0 amide bonds. The summed E-state index contributed by atoms with van der Waals surface area (Å²) in [6, 6.07) is 7.73. The number of benzene rings is 1. The number of sulfonamides is 1. The molecule has 1 aromatic carbocycles. The summed E-state index contributed by atoms with van der Waals surface area (Å²) in [5, 5.41) is 3.37. The van der Waals surface area contributed by atoms with E-state index in [0.29, 0.717) is 13.0 Å². The molecule has 0 saturated carbocycles. The van der Waals surface area contributed by atoms with Crippen LogP contribution in [0, 0.1) is 5.92 Å². The number of methoxy groups -OCH3 is 1. The van der Waals surface area contributed by atoms with Crippen LogP contribution in [-0.2, 0) is 26.1 Å². The van der Waals surface area contributed by atoms with E-state index in [-0.39, 0.29) is 17.0 Å². The molecule has 0 radical (unpaired) electrons. The zero-order valence-electron chi connectivity index (χ0n) is 17.6. The topological polar surface area (TPSA) is 101 Å². The predicted octanol–water partition coefficient (Wildman–Crippen LogP) is 2.73.